The summed E-state index contributed by atoms with van der Waals surface area (Å²) in [4.78, 5) is 9.40. The highest BCUT2D eigenvalue weighted by Crippen LogP contribution is 2.32. The Morgan fingerprint density at radius 3 is 2.54 bits per heavy atom. The fourth-order valence-corrected chi connectivity index (χ4v) is 4.34. The Morgan fingerprint density at radius 1 is 0.962 bits per heavy atom. The molecule has 0 atom stereocenters. The van der Waals surface area contributed by atoms with E-state index in [-0.39, 0.29) is 0 Å². The van der Waals surface area contributed by atoms with E-state index in [1.54, 1.807) is 11.3 Å². The highest BCUT2D eigenvalue weighted by atomic mass is 32.1. The van der Waals surface area contributed by atoms with Gasteiger partial charge in [0.05, 0.1) is 10.2 Å². The Kier molecular flexibility index (Phi) is 4.22. The molecule has 3 N–H and O–H groups in total. The zero-order chi connectivity index (χ0) is 17.3. The molecule has 0 radical (unpaired) electrons. The molecule has 0 bridgehead atoms. The maximum absolute atomic E-state index is 4.73. The van der Waals surface area contributed by atoms with Gasteiger partial charge < -0.3 is 16.0 Å². The van der Waals surface area contributed by atoms with E-state index in [2.05, 4.69) is 56.6 Å². The molecule has 134 valence electrons. The first kappa shape index (κ1) is 16.0. The van der Waals surface area contributed by atoms with Crippen LogP contribution in [0.2, 0.25) is 0 Å². The van der Waals surface area contributed by atoms with Crippen LogP contribution in [0.25, 0.3) is 10.2 Å². The lowest BCUT2D eigenvalue weighted by Gasteiger charge is -2.23. The van der Waals surface area contributed by atoms with Gasteiger partial charge in [-0.3, -0.25) is 0 Å². The number of hydrogen-bond acceptors (Lipinski definition) is 6. The van der Waals surface area contributed by atoms with Crippen molar-refractivity contribution in [1.29, 1.82) is 0 Å². The van der Waals surface area contributed by atoms with E-state index in [9.17, 15) is 0 Å². The van der Waals surface area contributed by atoms with E-state index in [0.717, 1.165) is 34.8 Å². The molecule has 6 heteroatoms. The maximum atomic E-state index is 4.73. The van der Waals surface area contributed by atoms with Gasteiger partial charge in [0.25, 0.3) is 0 Å². The average molecular weight is 366 g/mol. The summed E-state index contributed by atoms with van der Waals surface area (Å²) in [6, 6.07) is 11.4. The smallest absolute Gasteiger partial charge is 0.229 e. The Morgan fingerprint density at radius 2 is 1.77 bits per heavy atom. The number of nitrogens with zero attached hydrogens (tertiary/aromatic N) is 2. The molecule has 2 aliphatic rings. The van der Waals surface area contributed by atoms with E-state index in [4.69, 9.17) is 4.98 Å². The molecule has 0 unspecified atom stereocenters. The second-order valence-electron chi connectivity index (χ2n) is 7.22. The molecule has 1 aromatic carbocycles. The third-order valence-corrected chi connectivity index (χ3v) is 6.11. The molecule has 2 fully saturated rings. The van der Waals surface area contributed by atoms with Crippen LogP contribution in [-0.4, -0.2) is 29.1 Å². The lowest BCUT2D eigenvalue weighted by atomic mass is 9.90. The zero-order valence-corrected chi connectivity index (χ0v) is 15.5. The van der Waals surface area contributed by atoms with Crippen LogP contribution in [0.4, 0.5) is 17.5 Å². The van der Waals surface area contributed by atoms with Gasteiger partial charge in [0.1, 0.15) is 5.82 Å². The lowest BCUT2D eigenvalue weighted by Crippen LogP contribution is -2.26. The molecule has 1 saturated carbocycles. The summed E-state index contributed by atoms with van der Waals surface area (Å²) in [6.07, 6.45) is 4.91. The average Bonchev–Trinajstić information content (AvgIpc) is 3.37. The molecule has 3 aromatic rings. The molecule has 3 heterocycles. The topological polar surface area (TPSA) is 61.9 Å². The van der Waals surface area contributed by atoms with Crippen LogP contribution < -0.4 is 16.0 Å². The molecule has 2 aromatic heterocycles. The number of fused-ring (bicyclic) bond motifs is 1. The fourth-order valence-electron chi connectivity index (χ4n) is 3.56. The largest absolute Gasteiger partial charge is 0.366 e. The van der Waals surface area contributed by atoms with Crippen molar-refractivity contribution < 1.29 is 0 Å². The van der Waals surface area contributed by atoms with E-state index in [1.165, 1.54) is 31.2 Å². The van der Waals surface area contributed by atoms with Crippen molar-refractivity contribution >= 4 is 39.0 Å². The van der Waals surface area contributed by atoms with E-state index in [0.29, 0.717) is 17.9 Å². The van der Waals surface area contributed by atoms with Gasteiger partial charge in [-0.15, -0.1) is 11.3 Å². The van der Waals surface area contributed by atoms with E-state index < -0.39 is 0 Å². The first-order valence-electron chi connectivity index (χ1n) is 9.45. The highest BCUT2D eigenvalue weighted by Gasteiger charge is 2.23. The van der Waals surface area contributed by atoms with Crippen LogP contribution in [-0.2, 0) is 0 Å². The predicted octanol–water partition coefficient (Wildman–Crippen LogP) is 4.48. The predicted molar refractivity (Wildman–Crippen MR) is 109 cm³/mol. The Hall–Kier alpha value is -2.18. The van der Waals surface area contributed by atoms with Crippen LogP contribution in [0.15, 0.2) is 35.7 Å². The van der Waals surface area contributed by atoms with Crippen molar-refractivity contribution in [2.45, 2.75) is 37.6 Å². The number of aromatic nitrogens is 2. The van der Waals surface area contributed by atoms with E-state index >= 15 is 0 Å². The summed E-state index contributed by atoms with van der Waals surface area (Å²) in [5.74, 6) is 2.30. The number of benzene rings is 1. The van der Waals surface area contributed by atoms with Gasteiger partial charge in [-0.25, -0.2) is 4.98 Å². The number of hydrogen-bond donors (Lipinski definition) is 3. The third-order valence-electron chi connectivity index (χ3n) is 5.20. The second kappa shape index (κ2) is 6.85. The normalized spacial score (nSPS) is 18.2. The van der Waals surface area contributed by atoms with Crippen LogP contribution in [0.3, 0.4) is 0 Å². The van der Waals surface area contributed by atoms with Gasteiger partial charge in [-0.2, -0.15) is 4.98 Å². The molecule has 26 heavy (non-hydrogen) atoms. The summed E-state index contributed by atoms with van der Waals surface area (Å²) in [7, 11) is 0. The third kappa shape index (κ3) is 3.39. The van der Waals surface area contributed by atoms with Crippen LogP contribution in [0, 0.1) is 0 Å². The SMILES string of the molecule is c1cc2nc(Nc3ccc(C4CCNCC4)cc3)nc(NC3CC3)c2s1. The first-order valence-corrected chi connectivity index (χ1v) is 10.3. The summed E-state index contributed by atoms with van der Waals surface area (Å²) in [6.45, 7) is 2.24. The summed E-state index contributed by atoms with van der Waals surface area (Å²) in [5.41, 5.74) is 3.47. The van der Waals surface area contributed by atoms with Gasteiger partial charge in [0.2, 0.25) is 5.95 Å². The van der Waals surface area contributed by atoms with Crippen molar-refractivity contribution in [2.75, 3.05) is 23.7 Å². The number of anilines is 3. The molecule has 1 aliphatic carbocycles. The summed E-state index contributed by atoms with van der Waals surface area (Å²) in [5, 5.41) is 12.4. The molecular formula is C20H23N5S. The van der Waals surface area contributed by atoms with Crippen LogP contribution >= 0.6 is 11.3 Å². The van der Waals surface area contributed by atoms with Crippen molar-refractivity contribution in [3.63, 3.8) is 0 Å². The highest BCUT2D eigenvalue weighted by molar-refractivity contribution is 7.17. The van der Waals surface area contributed by atoms with Crippen LogP contribution in [0.1, 0.15) is 37.2 Å². The molecule has 1 aliphatic heterocycles. The van der Waals surface area contributed by atoms with Crippen LogP contribution in [0.5, 0.6) is 0 Å². The molecule has 5 rings (SSSR count). The minimum absolute atomic E-state index is 0.576. The summed E-state index contributed by atoms with van der Waals surface area (Å²) >= 11 is 1.70. The number of piperidine rings is 1. The monoisotopic (exact) mass is 365 g/mol. The Balaban J connectivity index is 1.36. The number of thiophene rings is 1. The second-order valence-corrected chi connectivity index (χ2v) is 8.14. The van der Waals surface area contributed by atoms with Gasteiger partial charge in [-0.1, -0.05) is 12.1 Å². The maximum Gasteiger partial charge on any atom is 0.229 e. The fraction of sp³-hybridized carbons (Fsp3) is 0.400. The zero-order valence-electron chi connectivity index (χ0n) is 14.7. The minimum atomic E-state index is 0.576. The van der Waals surface area contributed by atoms with E-state index in [1.807, 2.05) is 0 Å². The summed E-state index contributed by atoms with van der Waals surface area (Å²) < 4.78 is 1.14. The van der Waals surface area contributed by atoms with Gasteiger partial charge in [0, 0.05) is 11.7 Å². The molecular weight excluding hydrogens is 342 g/mol. The molecule has 1 saturated heterocycles. The quantitative estimate of drug-likeness (QED) is 0.622. The van der Waals surface area contributed by atoms with Gasteiger partial charge in [0.15, 0.2) is 0 Å². The van der Waals surface area contributed by atoms with Gasteiger partial charge >= 0.3 is 0 Å². The molecule has 0 amide bonds. The minimum Gasteiger partial charge on any atom is -0.366 e. The lowest BCUT2D eigenvalue weighted by molar-refractivity contribution is 0.460. The van der Waals surface area contributed by atoms with Crippen molar-refractivity contribution in [3.05, 3.63) is 41.3 Å². The molecule has 0 spiro atoms. The van der Waals surface area contributed by atoms with Crippen molar-refractivity contribution in [2.24, 2.45) is 0 Å². The first-order chi connectivity index (χ1) is 12.8. The van der Waals surface area contributed by atoms with Crippen molar-refractivity contribution in [3.8, 4) is 0 Å². The molecule has 5 nitrogen and oxygen atoms in total. The standard InChI is InChI=1S/C20H23N5S/c1-3-16(4-2-13(1)14-7-10-21-11-8-14)23-20-24-17-9-12-26-18(17)19(25-20)22-15-5-6-15/h1-4,9,12,14-15,21H,5-8,10-11H2,(H2,22,23,24,25). The van der Waals surface area contributed by atoms with Crippen molar-refractivity contribution in [1.82, 2.24) is 15.3 Å². The van der Waals surface area contributed by atoms with Gasteiger partial charge in [-0.05, 0) is 73.8 Å². The number of rotatable bonds is 5. The Bertz CT molecular complexity index is 894. The Labute approximate surface area is 157 Å². The number of nitrogens with one attached hydrogen (secondary N) is 3.